The monoisotopic (exact) mass is 297 g/mol. The van der Waals surface area contributed by atoms with Crippen LogP contribution in [0.4, 0.5) is 0 Å². The number of aliphatic carboxylic acids is 1. The maximum absolute atomic E-state index is 11.5. The number of thiophene rings is 1. The first-order valence-corrected chi connectivity index (χ1v) is 7.32. The van der Waals surface area contributed by atoms with Crippen LogP contribution in [0.2, 0.25) is 0 Å². The second-order valence-electron chi connectivity index (χ2n) is 4.16. The van der Waals surface area contributed by atoms with Gasteiger partial charge in [0.05, 0.1) is 13.2 Å². The van der Waals surface area contributed by atoms with Gasteiger partial charge in [-0.2, -0.15) is 0 Å². The lowest BCUT2D eigenvalue weighted by Crippen LogP contribution is -2.23. The van der Waals surface area contributed by atoms with Gasteiger partial charge in [0.15, 0.2) is 0 Å². The molecule has 0 saturated heterocycles. The van der Waals surface area contributed by atoms with Crippen molar-refractivity contribution < 1.29 is 19.4 Å². The molecule has 110 valence electrons. The van der Waals surface area contributed by atoms with Gasteiger partial charge in [0, 0.05) is 24.0 Å². The average Bonchev–Trinajstić information content (AvgIpc) is 2.87. The van der Waals surface area contributed by atoms with Crippen molar-refractivity contribution in [2.75, 3.05) is 13.2 Å². The molecule has 1 aromatic heterocycles. The molecular formula is C14H19NO4S. The molecule has 0 fully saturated rings. The van der Waals surface area contributed by atoms with E-state index in [1.807, 2.05) is 18.4 Å². The minimum Gasteiger partial charge on any atom is -0.478 e. The number of carboxylic acids is 1. The van der Waals surface area contributed by atoms with Crippen molar-refractivity contribution in [2.24, 2.45) is 0 Å². The Hall–Kier alpha value is -1.66. The first-order valence-electron chi connectivity index (χ1n) is 6.44. The molecule has 0 aliphatic rings. The molecule has 1 amide bonds. The number of carbonyl (C=O) groups is 2. The van der Waals surface area contributed by atoms with Gasteiger partial charge in [-0.15, -0.1) is 11.3 Å². The lowest BCUT2D eigenvalue weighted by Gasteiger charge is -2.04. The van der Waals surface area contributed by atoms with E-state index in [9.17, 15) is 9.59 Å². The van der Waals surface area contributed by atoms with E-state index in [0.29, 0.717) is 26.2 Å². The molecule has 6 heteroatoms. The van der Waals surface area contributed by atoms with Crippen LogP contribution in [-0.2, 0) is 20.9 Å². The Kier molecular flexibility index (Phi) is 7.60. The second-order valence-corrected chi connectivity index (χ2v) is 5.15. The van der Waals surface area contributed by atoms with Gasteiger partial charge in [0.1, 0.15) is 0 Å². The fourth-order valence-corrected chi connectivity index (χ4v) is 2.22. The zero-order chi connectivity index (χ0) is 14.8. The molecule has 0 atom stereocenters. The molecule has 1 aromatic rings. The number of rotatable bonds is 9. The molecule has 1 rings (SSSR count). The van der Waals surface area contributed by atoms with Crippen molar-refractivity contribution in [1.82, 2.24) is 5.32 Å². The van der Waals surface area contributed by atoms with Crippen molar-refractivity contribution in [1.29, 1.82) is 0 Å². The third kappa shape index (κ3) is 7.06. The van der Waals surface area contributed by atoms with Gasteiger partial charge >= 0.3 is 5.97 Å². The topological polar surface area (TPSA) is 75.6 Å². The van der Waals surface area contributed by atoms with Crippen LogP contribution in [0.5, 0.6) is 0 Å². The molecular weight excluding hydrogens is 278 g/mol. The van der Waals surface area contributed by atoms with E-state index in [1.165, 1.54) is 17.4 Å². The highest BCUT2D eigenvalue weighted by molar-refractivity contribution is 7.10. The Balaban J connectivity index is 2.28. The predicted octanol–water partition coefficient (Wildman–Crippen LogP) is 2.28. The van der Waals surface area contributed by atoms with Crippen LogP contribution in [0.15, 0.2) is 17.5 Å². The van der Waals surface area contributed by atoms with Gasteiger partial charge in [0.25, 0.3) is 0 Å². The van der Waals surface area contributed by atoms with E-state index in [2.05, 4.69) is 5.32 Å². The third-order valence-electron chi connectivity index (χ3n) is 2.37. The predicted molar refractivity (Wildman–Crippen MR) is 78.6 cm³/mol. The zero-order valence-corrected chi connectivity index (χ0v) is 12.2. The molecule has 0 aliphatic heterocycles. The van der Waals surface area contributed by atoms with E-state index < -0.39 is 5.97 Å². The SMILES string of the molecule is CCCOCCC(=O)NCc1cc(C=CC(=O)O)cs1. The number of carbonyl (C=O) groups excluding carboxylic acids is 1. The summed E-state index contributed by atoms with van der Waals surface area (Å²) in [5, 5.41) is 13.2. The van der Waals surface area contributed by atoms with E-state index >= 15 is 0 Å². The van der Waals surface area contributed by atoms with Gasteiger partial charge in [-0.25, -0.2) is 4.79 Å². The highest BCUT2D eigenvalue weighted by Gasteiger charge is 2.03. The Morgan fingerprint density at radius 2 is 2.25 bits per heavy atom. The highest BCUT2D eigenvalue weighted by Crippen LogP contribution is 2.15. The largest absolute Gasteiger partial charge is 0.478 e. The van der Waals surface area contributed by atoms with Crippen molar-refractivity contribution in [3.8, 4) is 0 Å². The zero-order valence-electron chi connectivity index (χ0n) is 11.4. The number of nitrogens with one attached hydrogen (secondary N) is 1. The van der Waals surface area contributed by atoms with Gasteiger partial charge in [-0.05, 0) is 29.5 Å². The van der Waals surface area contributed by atoms with Crippen LogP contribution in [-0.4, -0.2) is 30.2 Å². The van der Waals surface area contributed by atoms with Gasteiger partial charge in [-0.3, -0.25) is 4.79 Å². The third-order valence-corrected chi connectivity index (χ3v) is 3.33. The lowest BCUT2D eigenvalue weighted by molar-refractivity contribution is -0.131. The molecule has 0 bridgehead atoms. The summed E-state index contributed by atoms with van der Waals surface area (Å²) in [4.78, 5) is 22.9. The fraction of sp³-hybridized carbons (Fsp3) is 0.429. The molecule has 1 heterocycles. The van der Waals surface area contributed by atoms with Gasteiger partial charge in [-0.1, -0.05) is 6.92 Å². The van der Waals surface area contributed by atoms with Gasteiger partial charge < -0.3 is 15.2 Å². The van der Waals surface area contributed by atoms with Crippen molar-refractivity contribution in [3.05, 3.63) is 28.0 Å². The molecule has 0 spiro atoms. The summed E-state index contributed by atoms with van der Waals surface area (Å²) < 4.78 is 5.24. The maximum Gasteiger partial charge on any atom is 0.328 e. The van der Waals surface area contributed by atoms with Crippen molar-refractivity contribution in [2.45, 2.75) is 26.3 Å². The number of amides is 1. The van der Waals surface area contributed by atoms with Gasteiger partial charge in [0.2, 0.25) is 5.91 Å². The minimum atomic E-state index is -0.974. The molecule has 0 aliphatic carbocycles. The molecule has 0 radical (unpaired) electrons. The number of ether oxygens (including phenoxy) is 1. The summed E-state index contributed by atoms with van der Waals surface area (Å²) in [6, 6.07) is 1.86. The number of carboxylic acid groups (broad SMARTS) is 1. The Morgan fingerprint density at radius 3 is 2.95 bits per heavy atom. The summed E-state index contributed by atoms with van der Waals surface area (Å²) in [5.74, 6) is -1.02. The van der Waals surface area contributed by atoms with E-state index in [0.717, 1.165) is 22.9 Å². The lowest BCUT2D eigenvalue weighted by atomic mass is 10.3. The van der Waals surface area contributed by atoms with Crippen LogP contribution in [0.25, 0.3) is 6.08 Å². The van der Waals surface area contributed by atoms with Crippen LogP contribution in [0, 0.1) is 0 Å². The highest BCUT2D eigenvalue weighted by atomic mass is 32.1. The molecule has 20 heavy (non-hydrogen) atoms. The fourth-order valence-electron chi connectivity index (χ4n) is 1.43. The van der Waals surface area contributed by atoms with Crippen molar-refractivity contribution >= 4 is 29.3 Å². The second kappa shape index (κ2) is 9.28. The smallest absolute Gasteiger partial charge is 0.328 e. The molecule has 5 nitrogen and oxygen atoms in total. The van der Waals surface area contributed by atoms with Crippen LogP contribution in [0.3, 0.4) is 0 Å². The number of hydrogen-bond acceptors (Lipinski definition) is 4. The molecule has 0 saturated carbocycles. The number of hydrogen-bond donors (Lipinski definition) is 2. The van der Waals surface area contributed by atoms with E-state index in [-0.39, 0.29) is 5.91 Å². The summed E-state index contributed by atoms with van der Waals surface area (Å²) in [5.41, 5.74) is 0.827. The molecule has 0 aromatic carbocycles. The molecule has 0 unspecified atom stereocenters. The summed E-state index contributed by atoms with van der Waals surface area (Å²) in [6.07, 6.45) is 3.93. The van der Waals surface area contributed by atoms with E-state index in [4.69, 9.17) is 9.84 Å². The summed E-state index contributed by atoms with van der Waals surface area (Å²) in [7, 11) is 0. The standard InChI is InChI=1S/C14H19NO4S/c1-2-6-19-7-5-13(16)15-9-12-8-11(10-20-12)3-4-14(17)18/h3-4,8,10H,2,5-7,9H2,1H3,(H,15,16)(H,17,18). The first kappa shape index (κ1) is 16.4. The first-order chi connectivity index (χ1) is 9.61. The van der Waals surface area contributed by atoms with Crippen LogP contribution < -0.4 is 5.32 Å². The minimum absolute atomic E-state index is 0.0443. The summed E-state index contributed by atoms with van der Waals surface area (Å²) in [6.45, 7) is 3.60. The van der Waals surface area contributed by atoms with Crippen molar-refractivity contribution in [3.63, 3.8) is 0 Å². The Bertz CT molecular complexity index is 467. The maximum atomic E-state index is 11.5. The molecule has 2 N–H and O–H groups in total. The Labute approximate surface area is 122 Å². The van der Waals surface area contributed by atoms with Crippen LogP contribution >= 0.6 is 11.3 Å². The normalized spacial score (nSPS) is 10.8. The van der Waals surface area contributed by atoms with Crippen LogP contribution in [0.1, 0.15) is 30.2 Å². The quantitative estimate of drug-likeness (QED) is 0.541. The summed E-state index contributed by atoms with van der Waals surface area (Å²) >= 11 is 1.49. The average molecular weight is 297 g/mol. The Morgan fingerprint density at radius 1 is 1.45 bits per heavy atom. The van der Waals surface area contributed by atoms with E-state index in [1.54, 1.807) is 0 Å².